The smallest absolute Gasteiger partial charge is 0.346 e. The highest BCUT2D eigenvalue weighted by Gasteiger charge is 2.34. The highest BCUT2D eigenvalue weighted by atomic mass is 35.5. The van der Waals surface area contributed by atoms with E-state index >= 15 is 0 Å². The van der Waals surface area contributed by atoms with E-state index < -0.39 is 11.9 Å². The number of amides is 2. The highest BCUT2D eigenvalue weighted by Crippen LogP contribution is 2.29. The summed E-state index contributed by atoms with van der Waals surface area (Å²) in [7, 11) is 0. The number of aliphatic imine (C=N–C) groups is 1. The summed E-state index contributed by atoms with van der Waals surface area (Å²) in [4.78, 5) is 16.9. The van der Waals surface area contributed by atoms with Gasteiger partial charge in [0.2, 0.25) is 0 Å². The third-order valence-corrected chi connectivity index (χ3v) is 2.95. The molecule has 2 amide bonds. The molecule has 0 spiro atoms. The number of hydrogen-bond donors (Lipinski definition) is 1. The number of halogens is 2. The van der Waals surface area contributed by atoms with Crippen LogP contribution in [0.15, 0.2) is 23.2 Å². The fraction of sp³-hybridized carbons (Fsp3) is 0.333. The van der Waals surface area contributed by atoms with E-state index in [9.17, 15) is 9.18 Å². The third kappa shape index (κ3) is 2.31. The van der Waals surface area contributed by atoms with Gasteiger partial charge in [0.1, 0.15) is 17.7 Å². The molecule has 1 aromatic carbocycles. The predicted molar refractivity (Wildman–Crippen MR) is 68.2 cm³/mol. The number of nitrogens with zero attached hydrogens (tertiary/aromatic N) is 2. The lowest BCUT2D eigenvalue weighted by molar-refractivity contribution is 0.206. The van der Waals surface area contributed by atoms with Crippen molar-refractivity contribution in [1.29, 1.82) is 0 Å². The molecular formula is C12H13ClFN3O. The number of carbonyl (C=O) groups excluding carboxylic acids is 1. The minimum absolute atomic E-state index is 0.176. The summed E-state index contributed by atoms with van der Waals surface area (Å²) in [5.74, 6) is -0.281. The minimum atomic E-state index is -0.523. The van der Waals surface area contributed by atoms with Gasteiger partial charge in [0, 0.05) is 11.6 Å². The zero-order chi connectivity index (χ0) is 13.3. The van der Waals surface area contributed by atoms with Crippen LogP contribution < -0.4 is 5.73 Å². The van der Waals surface area contributed by atoms with Crippen LogP contribution in [0.3, 0.4) is 0 Å². The Balaban J connectivity index is 2.40. The van der Waals surface area contributed by atoms with Crippen molar-refractivity contribution in [3.05, 3.63) is 34.6 Å². The molecule has 1 aliphatic rings. The van der Waals surface area contributed by atoms with Crippen LogP contribution in [-0.4, -0.2) is 23.3 Å². The molecule has 1 unspecified atom stereocenters. The molecular weight excluding hydrogens is 257 g/mol. The number of hydrogen-bond acceptors (Lipinski definition) is 2. The Bertz CT molecular complexity index is 498. The first-order chi connectivity index (χ1) is 8.52. The first kappa shape index (κ1) is 12.8. The van der Waals surface area contributed by atoms with Gasteiger partial charge in [0.25, 0.3) is 0 Å². The van der Waals surface area contributed by atoms with Crippen molar-refractivity contribution in [3.8, 4) is 0 Å². The summed E-state index contributed by atoms with van der Waals surface area (Å²) in [5, 5.41) is 0.272. The van der Waals surface area contributed by atoms with Crippen LogP contribution in [-0.2, 0) is 0 Å². The molecule has 0 aliphatic carbocycles. The van der Waals surface area contributed by atoms with Crippen LogP contribution in [0, 0.1) is 5.82 Å². The van der Waals surface area contributed by atoms with Gasteiger partial charge in [-0.3, -0.25) is 0 Å². The molecule has 0 saturated heterocycles. The SMILES string of the molecule is CCCN1C(=O)N=C(N)C1c1cc(F)cc(Cl)c1. The van der Waals surface area contributed by atoms with E-state index in [0.717, 1.165) is 6.42 Å². The van der Waals surface area contributed by atoms with Crippen LogP contribution >= 0.6 is 11.6 Å². The van der Waals surface area contributed by atoms with Crippen molar-refractivity contribution in [2.24, 2.45) is 10.7 Å². The van der Waals surface area contributed by atoms with Gasteiger partial charge in [-0.1, -0.05) is 18.5 Å². The summed E-state index contributed by atoms with van der Waals surface area (Å²) in [6.07, 6.45) is 0.772. The van der Waals surface area contributed by atoms with E-state index in [-0.39, 0.29) is 16.9 Å². The van der Waals surface area contributed by atoms with Crippen molar-refractivity contribution < 1.29 is 9.18 Å². The topological polar surface area (TPSA) is 58.7 Å². The maximum Gasteiger partial charge on any atom is 0.346 e. The summed E-state index contributed by atoms with van der Waals surface area (Å²) in [6, 6.07) is 3.21. The summed E-state index contributed by atoms with van der Waals surface area (Å²) < 4.78 is 13.3. The number of urea groups is 1. The fourth-order valence-corrected chi connectivity index (χ4v) is 2.29. The van der Waals surface area contributed by atoms with E-state index in [1.807, 2.05) is 6.92 Å². The Morgan fingerprint density at radius 2 is 2.22 bits per heavy atom. The second-order valence-electron chi connectivity index (χ2n) is 4.12. The number of rotatable bonds is 3. The van der Waals surface area contributed by atoms with Gasteiger partial charge >= 0.3 is 6.03 Å². The van der Waals surface area contributed by atoms with Gasteiger partial charge in [0.05, 0.1) is 0 Å². The molecule has 2 rings (SSSR count). The molecule has 18 heavy (non-hydrogen) atoms. The van der Waals surface area contributed by atoms with E-state index in [0.29, 0.717) is 12.1 Å². The minimum Gasteiger partial charge on any atom is -0.385 e. The standard InChI is InChI=1S/C12H13ClFN3O/c1-2-3-17-10(11(15)16-12(17)18)7-4-8(13)6-9(14)5-7/h4-6,10H,2-3H2,1H3,(H2,15,16,18). The molecule has 1 aliphatic heterocycles. The van der Waals surface area contributed by atoms with Crippen LogP contribution in [0.1, 0.15) is 24.9 Å². The van der Waals surface area contributed by atoms with Gasteiger partial charge in [-0.2, -0.15) is 4.99 Å². The molecule has 96 valence electrons. The normalized spacial score (nSPS) is 19.3. The predicted octanol–water partition coefficient (Wildman–Crippen LogP) is 2.72. The monoisotopic (exact) mass is 269 g/mol. The molecule has 0 fully saturated rings. The zero-order valence-corrected chi connectivity index (χ0v) is 10.6. The summed E-state index contributed by atoms with van der Waals surface area (Å²) in [5.41, 5.74) is 6.29. The van der Waals surface area contributed by atoms with Crippen LogP contribution in [0.5, 0.6) is 0 Å². The van der Waals surface area contributed by atoms with Gasteiger partial charge in [0.15, 0.2) is 0 Å². The van der Waals surface area contributed by atoms with Crippen LogP contribution in [0.25, 0.3) is 0 Å². The third-order valence-electron chi connectivity index (χ3n) is 2.73. The van der Waals surface area contributed by atoms with Crippen LogP contribution in [0.2, 0.25) is 5.02 Å². The molecule has 1 atom stereocenters. The molecule has 0 aromatic heterocycles. The maximum absolute atomic E-state index is 13.3. The quantitative estimate of drug-likeness (QED) is 0.917. The Hall–Kier alpha value is -1.62. The number of amidine groups is 1. The largest absolute Gasteiger partial charge is 0.385 e. The van der Waals surface area contributed by atoms with Gasteiger partial charge in [-0.15, -0.1) is 0 Å². The molecule has 0 bridgehead atoms. The Morgan fingerprint density at radius 1 is 1.50 bits per heavy atom. The molecule has 4 nitrogen and oxygen atoms in total. The molecule has 2 N–H and O–H groups in total. The lowest BCUT2D eigenvalue weighted by atomic mass is 10.0. The van der Waals surface area contributed by atoms with Crippen molar-refractivity contribution >= 4 is 23.5 Å². The van der Waals surface area contributed by atoms with Crippen molar-refractivity contribution in [2.45, 2.75) is 19.4 Å². The Morgan fingerprint density at radius 3 is 2.83 bits per heavy atom. The Kier molecular flexibility index (Phi) is 3.52. The summed E-state index contributed by atoms with van der Waals surface area (Å²) in [6.45, 7) is 2.46. The van der Waals surface area contributed by atoms with E-state index in [2.05, 4.69) is 4.99 Å². The van der Waals surface area contributed by atoms with Gasteiger partial charge in [-0.25, -0.2) is 9.18 Å². The maximum atomic E-state index is 13.3. The number of carbonyl (C=O) groups is 1. The fourth-order valence-electron chi connectivity index (χ4n) is 2.06. The highest BCUT2D eigenvalue weighted by molar-refractivity contribution is 6.30. The van der Waals surface area contributed by atoms with Crippen LogP contribution in [0.4, 0.5) is 9.18 Å². The van der Waals surface area contributed by atoms with Crippen molar-refractivity contribution in [1.82, 2.24) is 4.90 Å². The molecule has 0 radical (unpaired) electrons. The first-order valence-electron chi connectivity index (χ1n) is 5.63. The van der Waals surface area contributed by atoms with Crippen molar-refractivity contribution in [3.63, 3.8) is 0 Å². The summed E-state index contributed by atoms with van der Waals surface area (Å²) >= 11 is 5.81. The first-order valence-corrected chi connectivity index (χ1v) is 6.01. The number of nitrogens with two attached hydrogens (primary N) is 1. The molecule has 6 heteroatoms. The zero-order valence-electron chi connectivity index (χ0n) is 9.86. The van der Waals surface area contributed by atoms with E-state index in [4.69, 9.17) is 17.3 Å². The van der Waals surface area contributed by atoms with E-state index in [1.54, 1.807) is 6.07 Å². The van der Waals surface area contributed by atoms with Gasteiger partial charge < -0.3 is 10.6 Å². The lowest BCUT2D eigenvalue weighted by Gasteiger charge is -2.24. The second kappa shape index (κ2) is 4.94. The average molecular weight is 270 g/mol. The molecule has 1 heterocycles. The molecule has 1 aromatic rings. The number of benzene rings is 1. The second-order valence-corrected chi connectivity index (χ2v) is 4.55. The molecule has 0 saturated carbocycles. The Labute approximate surface area is 109 Å². The van der Waals surface area contributed by atoms with Crippen molar-refractivity contribution in [2.75, 3.05) is 6.54 Å². The average Bonchev–Trinajstić information content (AvgIpc) is 2.53. The lowest BCUT2D eigenvalue weighted by Crippen LogP contribution is -2.34. The van der Waals surface area contributed by atoms with E-state index in [1.165, 1.54) is 17.0 Å². The van der Waals surface area contributed by atoms with Gasteiger partial charge in [-0.05, 0) is 30.2 Å².